The first-order valence-corrected chi connectivity index (χ1v) is 11.7. The molecule has 3 amide bonds. The van der Waals surface area contributed by atoms with Gasteiger partial charge in [0.05, 0.1) is 37.6 Å². The second kappa shape index (κ2) is 13.4. The molecule has 2 atom stereocenters. The Morgan fingerprint density at radius 2 is 1.65 bits per heavy atom. The van der Waals surface area contributed by atoms with Gasteiger partial charge in [-0.3, -0.25) is 19.3 Å². The van der Waals surface area contributed by atoms with Crippen molar-refractivity contribution in [3.8, 4) is 0 Å². The van der Waals surface area contributed by atoms with Crippen molar-refractivity contribution in [1.29, 1.82) is 0 Å². The third-order valence-corrected chi connectivity index (χ3v) is 5.60. The van der Waals surface area contributed by atoms with E-state index < -0.39 is 30.0 Å². The number of hydrogen-bond acceptors (Lipinski definition) is 9. The number of rotatable bonds is 15. The molecule has 0 radical (unpaired) electrons. The smallest absolute Gasteiger partial charge is 0.264 e. The van der Waals surface area contributed by atoms with Gasteiger partial charge in [-0.1, -0.05) is 6.07 Å². The highest BCUT2D eigenvalue weighted by molar-refractivity contribution is 6.25. The zero-order chi connectivity index (χ0) is 24.3. The molecule has 5 N–H and O–H groups in total. The van der Waals surface area contributed by atoms with Gasteiger partial charge in [-0.25, -0.2) is 0 Å². The number of anilines is 1. The molecule has 1 saturated heterocycles. The molecule has 2 heterocycles. The van der Waals surface area contributed by atoms with Crippen LogP contribution in [-0.2, 0) is 19.0 Å². The van der Waals surface area contributed by atoms with Crippen molar-refractivity contribution < 1.29 is 33.7 Å². The maximum Gasteiger partial charge on any atom is 0.264 e. The molecule has 188 valence electrons. The fraction of sp³-hybridized carbons (Fsp3) is 0.609. The molecule has 2 unspecified atom stereocenters. The zero-order valence-corrected chi connectivity index (χ0v) is 19.3. The van der Waals surface area contributed by atoms with Gasteiger partial charge in [0, 0.05) is 25.4 Å². The largest absolute Gasteiger partial charge is 0.384 e. The number of nitrogens with two attached hydrogens (primary N) is 1. The Hall–Kier alpha value is -2.57. The van der Waals surface area contributed by atoms with Crippen LogP contribution in [0.5, 0.6) is 0 Å². The molecule has 1 aromatic rings. The zero-order valence-electron chi connectivity index (χ0n) is 19.3. The number of benzene rings is 1. The van der Waals surface area contributed by atoms with Gasteiger partial charge in [0.15, 0.2) is 0 Å². The summed E-state index contributed by atoms with van der Waals surface area (Å²) in [5, 5.41) is 15.2. The number of ether oxygens (including phenoxy) is 3. The predicted molar refractivity (Wildman–Crippen MR) is 123 cm³/mol. The van der Waals surface area contributed by atoms with Crippen molar-refractivity contribution in [2.24, 2.45) is 5.73 Å². The van der Waals surface area contributed by atoms with E-state index in [1.165, 1.54) is 0 Å². The Kier molecular flexibility index (Phi) is 10.2. The van der Waals surface area contributed by atoms with E-state index in [9.17, 15) is 19.5 Å². The topological polar surface area (TPSA) is 152 Å². The van der Waals surface area contributed by atoms with Crippen LogP contribution < -0.4 is 16.4 Å². The van der Waals surface area contributed by atoms with Gasteiger partial charge in [0.1, 0.15) is 12.3 Å². The van der Waals surface area contributed by atoms with Gasteiger partial charge >= 0.3 is 0 Å². The van der Waals surface area contributed by atoms with Crippen LogP contribution >= 0.6 is 0 Å². The van der Waals surface area contributed by atoms with Crippen LogP contribution in [0.15, 0.2) is 18.2 Å². The third kappa shape index (κ3) is 6.73. The van der Waals surface area contributed by atoms with Crippen molar-refractivity contribution in [2.45, 2.75) is 38.0 Å². The van der Waals surface area contributed by atoms with Gasteiger partial charge in [0.2, 0.25) is 5.91 Å². The van der Waals surface area contributed by atoms with Gasteiger partial charge in [-0.2, -0.15) is 0 Å². The molecule has 0 aliphatic carbocycles. The van der Waals surface area contributed by atoms with Crippen LogP contribution in [-0.4, -0.2) is 92.7 Å². The van der Waals surface area contributed by atoms with Gasteiger partial charge in [-0.15, -0.1) is 0 Å². The minimum Gasteiger partial charge on any atom is -0.384 e. The third-order valence-electron chi connectivity index (χ3n) is 5.60. The SMILES string of the molecule is NCCCOCCOCCOCCCNc1cccc2c1C(=O)N(C1CCC(O)NC1=O)C2=O. The van der Waals surface area contributed by atoms with Gasteiger partial charge in [0.25, 0.3) is 11.8 Å². The molecule has 1 fully saturated rings. The van der Waals surface area contributed by atoms with Crippen LogP contribution in [0, 0.1) is 0 Å². The first-order chi connectivity index (χ1) is 16.5. The molecule has 0 spiro atoms. The number of nitrogens with zero attached hydrogens (tertiary/aromatic N) is 1. The first-order valence-electron chi connectivity index (χ1n) is 11.7. The van der Waals surface area contributed by atoms with Crippen LogP contribution in [0.2, 0.25) is 0 Å². The molecule has 0 saturated carbocycles. The van der Waals surface area contributed by atoms with Crippen molar-refractivity contribution in [1.82, 2.24) is 10.2 Å². The van der Waals surface area contributed by atoms with E-state index in [1.54, 1.807) is 18.2 Å². The molecule has 0 bridgehead atoms. The van der Waals surface area contributed by atoms with Crippen molar-refractivity contribution in [3.63, 3.8) is 0 Å². The average molecular weight is 479 g/mol. The van der Waals surface area contributed by atoms with E-state index in [-0.39, 0.29) is 24.0 Å². The lowest BCUT2D eigenvalue weighted by molar-refractivity contribution is -0.131. The molecule has 11 nitrogen and oxygen atoms in total. The number of aliphatic hydroxyl groups is 1. The summed E-state index contributed by atoms with van der Waals surface area (Å²) in [6, 6.07) is 4.11. The molecular weight excluding hydrogens is 444 g/mol. The van der Waals surface area contributed by atoms with Crippen molar-refractivity contribution in [2.75, 3.05) is 58.0 Å². The molecule has 3 rings (SSSR count). The highest BCUT2D eigenvalue weighted by Crippen LogP contribution is 2.32. The predicted octanol–water partition coefficient (Wildman–Crippen LogP) is 0.0802. The highest BCUT2D eigenvalue weighted by Gasteiger charge is 2.45. The van der Waals surface area contributed by atoms with Crippen molar-refractivity contribution >= 4 is 23.4 Å². The molecule has 2 aliphatic heterocycles. The first kappa shape index (κ1) is 26.0. The lowest BCUT2D eigenvalue weighted by Crippen LogP contribution is -2.55. The Morgan fingerprint density at radius 3 is 2.32 bits per heavy atom. The van der Waals surface area contributed by atoms with E-state index in [4.69, 9.17) is 19.9 Å². The standard InChI is InChI=1S/C23H34N4O7/c24-8-2-10-32-12-14-34-15-13-33-11-3-9-25-17-5-1-4-16-20(17)23(31)27(22(16)30)18-6-7-19(28)26-21(18)29/h1,4-5,18-19,25,28H,2-3,6-15,24H2,(H,26,29). The van der Waals surface area contributed by atoms with Crippen LogP contribution in [0.1, 0.15) is 46.4 Å². The summed E-state index contributed by atoms with van der Waals surface area (Å²) in [4.78, 5) is 39.2. The lowest BCUT2D eigenvalue weighted by Gasteiger charge is -2.31. The second-order valence-electron chi connectivity index (χ2n) is 8.09. The van der Waals surface area contributed by atoms with E-state index >= 15 is 0 Å². The number of piperidine rings is 1. The summed E-state index contributed by atoms with van der Waals surface area (Å²) in [7, 11) is 0. The quantitative estimate of drug-likeness (QED) is 0.203. The lowest BCUT2D eigenvalue weighted by atomic mass is 10.0. The molecule has 34 heavy (non-hydrogen) atoms. The molecule has 11 heteroatoms. The number of nitrogens with one attached hydrogen (secondary N) is 2. The monoisotopic (exact) mass is 478 g/mol. The fourth-order valence-corrected chi connectivity index (χ4v) is 3.88. The van der Waals surface area contributed by atoms with E-state index in [0.717, 1.165) is 11.3 Å². The number of aliphatic hydroxyl groups excluding tert-OH is 1. The summed E-state index contributed by atoms with van der Waals surface area (Å²) in [6.45, 7) is 4.34. The number of carbonyl (C=O) groups excluding carboxylic acids is 3. The summed E-state index contributed by atoms with van der Waals surface area (Å²) in [5.41, 5.74) is 6.48. The van der Waals surface area contributed by atoms with E-state index in [2.05, 4.69) is 10.6 Å². The molecule has 0 aromatic heterocycles. The number of carbonyl (C=O) groups is 3. The minimum atomic E-state index is -0.953. The molecular formula is C23H34N4O7. The van der Waals surface area contributed by atoms with E-state index in [1.807, 2.05) is 0 Å². The Balaban J connectivity index is 1.38. The van der Waals surface area contributed by atoms with Gasteiger partial charge < -0.3 is 35.7 Å². The number of fused-ring (bicyclic) bond motifs is 1. The average Bonchev–Trinajstić information content (AvgIpc) is 3.08. The van der Waals surface area contributed by atoms with Gasteiger partial charge in [-0.05, 0) is 44.4 Å². The number of hydrogen-bond donors (Lipinski definition) is 4. The fourth-order valence-electron chi connectivity index (χ4n) is 3.88. The van der Waals surface area contributed by atoms with Crippen LogP contribution in [0.25, 0.3) is 0 Å². The van der Waals surface area contributed by atoms with E-state index in [0.29, 0.717) is 64.8 Å². The Labute approximate surface area is 198 Å². The molecule has 1 aromatic carbocycles. The Bertz CT molecular complexity index is 851. The minimum absolute atomic E-state index is 0.226. The van der Waals surface area contributed by atoms with Crippen molar-refractivity contribution in [3.05, 3.63) is 29.3 Å². The summed E-state index contributed by atoms with van der Waals surface area (Å²) < 4.78 is 16.3. The second-order valence-corrected chi connectivity index (χ2v) is 8.09. The van der Waals surface area contributed by atoms with Crippen LogP contribution in [0.4, 0.5) is 5.69 Å². The van der Waals surface area contributed by atoms with Crippen LogP contribution in [0.3, 0.4) is 0 Å². The maximum atomic E-state index is 13.1. The highest BCUT2D eigenvalue weighted by atomic mass is 16.5. The summed E-state index contributed by atoms with van der Waals surface area (Å²) in [5.74, 6) is -1.52. The Morgan fingerprint density at radius 1 is 0.971 bits per heavy atom. The summed E-state index contributed by atoms with van der Waals surface area (Å²) in [6.07, 6.45) is 1.09. The number of amides is 3. The number of imide groups is 1. The normalized spacial score (nSPS) is 19.9. The maximum absolute atomic E-state index is 13.1. The molecule has 2 aliphatic rings. The summed E-state index contributed by atoms with van der Waals surface area (Å²) >= 11 is 0.